The van der Waals surface area contributed by atoms with Gasteiger partial charge in [0.25, 0.3) is 5.91 Å². The first-order valence-electron chi connectivity index (χ1n) is 11.0. The van der Waals surface area contributed by atoms with E-state index < -0.39 is 10.0 Å². The number of halogens is 1. The Bertz CT molecular complexity index is 865. The predicted octanol–water partition coefficient (Wildman–Crippen LogP) is 4.46. The number of carbonyl (C=O) groups is 1. The second-order valence-corrected chi connectivity index (χ2v) is 11.4. The van der Waals surface area contributed by atoms with Gasteiger partial charge in [0, 0.05) is 24.7 Å². The Morgan fingerprint density at radius 3 is 2.48 bits per heavy atom. The van der Waals surface area contributed by atoms with Crippen LogP contribution in [-0.4, -0.2) is 37.8 Å². The molecule has 1 heterocycles. The molecule has 1 aromatic rings. The summed E-state index contributed by atoms with van der Waals surface area (Å²) in [5, 5.41) is 3.29. The van der Waals surface area contributed by atoms with Crippen molar-refractivity contribution in [2.24, 2.45) is 17.8 Å². The van der Waals surface area contributed by atoms with E-state index in [2.05, 4.69) is 12.2 Å². The van der Waals surface area contributed by atoms with Gasteiger partial charge >= 0.3 is 0 Å². The molecular weight excluding hydrogens is 408 g/mol. The molecule has 1 aliphatic heterocycles. The molecule has 29 heavy (non-hydrogen) atoms. The van der Waals surface area contributed by atoms with Gasteiger partial charge in [0.2, 0.25) is 10.0 Å². The van der Waals surface area contributed by atoms with Gasteiger partial charge in [0.05, 0.1) is 5.02 Å². The van der Waals surface area contributed by atoms with Crippen LogP contribution in [0, 0.1) is 17.8 Å². The van der Waals surface area contributed by atoms with Crippen LogP contribution in [0.4, 0.5) is 0 Å². The van der Waals surface area contributed by atoms with E-state index in [9.17, 15) is 13.2 Å². The van der Waals surface area contributed by atoms with Crippen molar-refractivity contribution >= 4 is 27.5 Å². The summed E-state index contributed by atoms with van der Waals surface area (Å²) < 4.78 is 27.8. The van der Waals surface area contributed by atoms with Crippen molar-refractivity contribution in [2.75, 3.05) is 13.1 Å². The molecule has 2 aliphatic carbocycles. The zero-order valence-corrected chi connectivity index (χ0v) is 18.6. The van der Waals surface area contributed by atoms with Crippen LogP contribution < -0.4 is 5.32 Å². The lowest BCUT2D eigenvalue weighted by Gasteiger charge is -2.28. The summed E-state index contributed by atoms with van der Waals surface area (Å²) in [5.74, 6) is 1.86. The summed E-state index contributed by atoms with van der Waals surface area (Å²) in [5.41, 5.74) is 0.359. The van der Waals surface area contributed by atoms with Crippen molar-refractivity contribution < 1.29 is 13.2 Å². The van der Waals surface area contributed by atoms with Crippen molar-refractivity contribution in [1.82, 2.24) is 9.62 Å². The summed E-state index contributed by atoms with van der Waals surface area (Å²) in [6.07, 6.45) is 8.90. The minimum absolute atomic E-state index is 0.0429. The van der Waals surface area contributed by atoms with E-state index in [-0.39, 0.29) is 21.9 Å². The summed E-state index contributed by atoms with van der Waals surface area (Å²) in [6.45, 7) is 3.10. The molecule has 5 nitrogen and oxygen atoms in total. The molecule has 4 atom stereocenters. The molecule has 1 N–H and O–H groups in total. The van der Waals surface area contributed by atoms with Crippen molar-refractivity contribution in [1.29, 1.82) is 0 Å². The summed E-state index contributed by atoms with van der Waals surface area (Å²) in [4.78, 5) is 12.9. The molecule has 0 spiro atoms. The summed E-state index contributed by atoms with van der Waals surface area (Å²) in [6, 6.07) is 4.70. The quantitative estimate of drug-likeness (QED) is 0.737. The summed E-state index contributed by atoms with van der Waals surface area (Å²) >= 11 is 6.26. The van der Waals surface area contributed by atoms with Gasteiger partial charge in [-0.15, -0.1) is 0 Å². The van der Waals surface area contributed by atoms with Crippen molar-refractivity contribution in [3.05, 3.63) is 28.8 Å². The van der Waals surface area contributed by atoms with Gasteiger partial charge < -0.3 is 5.32 Å². The minimum atomic E-state index is -3.70. The van der Waals surface area contributed by atoms with E-state index in [0.29, 0.717) is 24.6 Å². The number of nitrogens with zero attached hydrogens (tertiary/aromatic N) is 1. The second-order valence-electron chi connectivity index (χ2n) is 9.06. The van der Waals surface area contributed by atoms with E-state index >= 15 is 0 Å². The fourth-order valence-electron chi connectivity index (χ4n) is 5.57. The predicted molar refractivity (Wildman–Crippen MR) is 115 cm³/mol. The number of hydrogen-bond donors (Lipinski definition) is 1. The third kappa shape index (κ3) is 4.35. The van der Waals surface area contributed by atoms with Crippen molar-refractivity contribution in [3.8, 4) is 0 Å². The minimum Gasteiger partial charge on any atom is -0.349 e. The SMILES string of the molecule is C[C@@H](NC(=O)c1ccc(Cl)c(S(=O)(=O)N2CCCCCC2)c1)[C@H]1C[C@H]2CC[C@H]1C2. The average Bonchev–Trinajstić information content (AvgIpc) is 3.22. The summed E-state index contributed by atoms with van der Waals surface area (Å²) in [7, 11) is -3.70. The Morgan fingerprint density at radius 2 is 1.86 bits per heavy atom. The largest absolute Gasteiger partial charge is 0.349 e. The third-order valence-corrected chi connectivity index (χ3v) is 9.55. The van der Waals surface area contributed by atoms with E-state index in [1.54, 1.807) is 6.07 Å². The van der Waals surface area contributed by atoms with Crippen LogP contribution >= 0.6 is 11.6 Å². The maximum absolute atomic E-state index is 13.2. The third-order valence-electron chi connectivity index (χ3n) is 7.17. The highest BCUT2D eigenvalue weighted by Crippen LogP contribution is 2.49. The molecule has 0 unspecified atom stereocenters. The number of amides is 1. The van der Waals surface area contributed by atoms with Crippen LogP contribution in [0.2, 0.25) is 5.02 Å². The van der Waals surface area contributed by atoms with Gasteiger partial charge in [-0.25, -0.2) is 8.42 Å². The highest BCUT2D eigenvalue weighted by molar-refractivity contribution is 7.89. The van der Waals surface area contributed by atoms with Crippen molar-refractivity contribution in [3.63, 3.8) is 0 Å². The first kappa shape index (κ1) is 21.1. The van der Waals surface area contributed by atoms with E-state index in [4.69, 9.17) is 11.6 Å². The Morgan fingerprint density at radius 1 is 1.14 bits per heavy atom. The van der Waals surface area contributed by atoms with Gasteiger partial charge in [0.15, 0.2) is 0 Å². The molecule has 2 saturated carbocycles. The first-order chi connectivity index (χ1) is 13.9. The van der Waals surface area contributed by atoms with Crippen LogP contribution in [0.3, 0.4) is 0 Å². The second kappa shape index (κ2) is 8.56. The van der Waals surface area contributed by atoms with Crippen LogP contribution in [0.15, 0.2) is 23.1 Å². The molecule has 1 amide bonds. The van der Waals surface area contributed by atoms with E-state index in [1.165, 1.54) is 42.1 Å². The maximum atomic E-state index is 13.2. The molecule has 0 aromatic heterocycles. The average molecular weight is 439 g/mol. The van der Waals surface area contributed by atoms with Crippen molar-refractivity contribution in [2.45, 2.75) is 69.2 Å². The molecular formula is C22H31ClN2O3S. The van der Waals surface area contributed by atoms with Gasteiger partial charge in [-0.2, -0.15) is 4.31 Å². The van der Waals surface area contributed by atoms with Gasteiger partial charge in [0.1, 0.15) is 4.90 Å². The zero-order chi connectivity index (χ0) is 20.6. The molecule has 4 rings (SSSR count). The smallest absolute Gasteiger partial charge is 0.251 e. The fourth-order valence-corrected chi connectivity index (χ4v) is 7.58. The topological polar surface area (TPSA) is 66.5 Å². The Hall–Kier alpha value is -1.11. The standard InChI is InChI=1S/C22H31ClN2O3S/c1-15(19-13-16-6-7-17(19)12-16)24-22(26)18-8-9-20(23)21(14-18)29(27,28)25-10-4-2-3-5-11-25/h8-9,14-17,19H,2-7,10-13H2,1H3,(H,24,26)/t15-,16+,17+,19-/m1/s1. The molecule has 2 bridgehead atoms. The molecule has 0 radical (unpaired) electrons. The zero-order valence-electron chi connectivity index (χ0n) is 17.1. The van der Waals surface area contributed by atoms with E-state index in [0.717, 1.165) is 37.5 Å². The molecule has 7 heteroatoms. The van der Waals surface area contributed by atoms with Crippen LogP contribution in [0.5, 0.6) is 0 Å². The number of carbonyl (C=O) groups excluding carboxylic acids is 1. The molecule has 1 aromatic carbocycles. The number of benzene rings is 1. The Balaban J connectivity index is 1.50. The van der Waals surface area contributed by atoms with Crippen LogP contribution in [0.1, 0.15) is 68.6 Å². The first-order valence-corrected chi connectivity index (χ1v) is 12.8. The normalized spacial score (nSPS) is 28.8. The molecule has 3 fully saturated rings. The van der Waals surface area contributed by atoms with Crippen LogP contribution in [-0.2, 0) is 10.0 Å². The number of sulfonamides is 1. The fraction of sp³-hybridized carbons (Fsp3) is 0.682. The Labute approximate surface area is 179 Å². The van der Waals surface area contributed by atoms with Crippen LogP contribution in [0.25, 0.3) is 0 Å². The number of hydrogen-bond acceptors (Lipinski definition) is 3. The van der Waals surface area contributed by atoms with E-state index in [1.807, 2.05) is 0 Å². The molecule has 1 saturated heterocycles. The number of rotatable bonds is 5. The maximum Gasteiger partial charge on any atom is 0.251 e. The highest BCUT2D eigenvalue weighted by atomic mass is 35.5. The molecule has 3 aliphatic rings. The van der Waals surface area contributed by atoms with Gasteiger partial charge in [-0.3, -0.25) is 4.79 Å². The monoisotopic (exact) mass is 438 g/mol. The Kier molecular flexibility index (Phi) is 6.24. The lowest BCUT2D eigenvalue weighted by atomic mass is 9.84. The van der Waals surface area contributed by atoms with Gasteiger partial charge in [-0.1, -0.05) is 30.9 Å². The lowest BCUT2D eigenvalue weighted by molar-refractivity contribution is 0.0915. The van der Waals surface area contributed by atoms with Gasteiger partial charge in [-0.05, 0) is 75.0 Å². The highest BCUT2D eigenvalue weighted by Gasteiger charge is 2.42. The lowest BCUT2D eigenvalue weighted by Crippen LogP contribution is -2.40. The molecule has 160 valence electrons. The number of fused-ring (bicyclic) bond motifs is 2. The number of nitrogens with one attached hydrogen (secondary N) is 1.